The van der Waals surface area contributed by atoms with Crippen LogP contribution in [0, 0.1) is 0 Å². The number of nitrogens with zero attached hydrogens (tertiary/aromatic N) is 2. The number of rotatable bonds is 2. The highest BCUT2D eigenvalue weighted by atomic mass is 15.2. The summed E-state index contributed by atoms with van der Waals surface area (Å²) in [6.07, 6.45) is 9.30. The molecule has 3 rings (SSSR count). The summed E-state index contributed by atoms with van der Waals surface area (Å²) in [6.45, 7) is 5.82. The standard InChI is InChI=1S/C15H23N3/c1-13(14-4-8-16-9-5-14)18-11-10-17-15(12-18)6-2-3-7-15/h4-5,8-9,13,17H,2-3,6-7,10-12H2,1H3. The number of aromatic nitrogens is 1. The van der Waals surface area contributed by atoms with Gasteiger partial charge < -0.3 is 5.32 Å². The Hall–Kier alpha value is -0.930. The van der Waals surface area contributed by atoms with Crippen LogP contribution in [0.15, 0.2) is 24.5 Å². The van der Waals surface area contributed by atoms with Gasteiger partial charge in [0.05, 0.1) is 0 Å². The molecule has 1 aliphatic carbocycles. The third kappa shape index (κ3) is 2.29. The Morgan fingerprint density at radius 3 is 2.72 bits per heavy atom. The van der Waals surface area contributed by atoms with Crippen molar-refractivity contribution in [3.8, 4) is 0 Å². The highest BCUT2D eigenvalue weighted by Gasteiger charge is 2.38. The molecule has 0 bridgehead atoms. The van der Waals surface area contributed by atoms with Gasteiger partial charge in [-0.3, -0.25) is 9.88 Å². The maximum atomic E-state index is 4.11. The summed E-state index contributed by atoms with van der Waals surface area (Å²) in [6, 6.07) is 4.80. The molecule has 1 N–H and O–H groups in total. The molecule has 3 heteroatoms. The molecular weight excluding hydrogens is 222 g/mol. The van der Waals surface area contributed by atoms with E-state index in [9.17, 15) is 0 Å². The second kappa shape index (κ2) is 4.98. The molecule has 2 aliphatic rings. The second-order valence-corrected chi connectivity index (χ2v) is 5.84. The first-order chi connectivity index (χ1) is 8.79. The summed E-state index contributed by atoms with van der Waals surface area (Å²) in [5.41, 5.74) is 1.81. The van der Waals surface area contributed by atoms with Crippen molar-refractivity contribution in [2.75, 3.05) is 19.6 Å². The summed E-state index contributed by atoms with van der Waals surface area (Å²) < 4.78 is 0. The lowest BCUT2D eigenvalue weighted by Gasteiger charge is -2.44. The summed E-state index contributed by atoms with van der Waals surface area (Å²) >= 11 is 0. The van der Waals surface area contributed by atoms with E-state index < -0.39 is 0 Å². The Kier molecular flexibility index (Phi) is 3.35. The zero-order chi connectivity index (χ0) is 12.4. The van der Waals surface area contributed by atoms with Gasteiger partial charge in [0.15, 0.2) is 0 Å². The van der Waals surface area contributed by atoms with Crippen molar-refractivity contribution in [1.29, 1.82) is 0 Å². The van der Waals surface area contributed by atoms with Gasteiger partial charge in [-0.1, -0.05) is 12.8 Å². The van der Waals surface area contributed by atoms with Crippen LogP contribution in [0.5, 0.6) is 0 Å². The average molecular weight is 245 g/mol. The van der Waals surface area contributed by atoms with Crippen molar-refractivity contribution < 1.29 is 0 Å². The number of hydrogen-bond donors (Lipinski definition) is 1. The van der Waals surface area contributed by atoms with Gasteiger partial charge in [0.1, 0.15) is 0 Å². The SMILES string of the molecule is CC(c1ccncc1)N1CCNC2(CCCC2)C1. The van der Waals surface area contributed by atoms with Crippen molar-refractivity contribution >= 4 is 0 Å². The predicted octanol–water partition coefficient (Wildman–Crippen LogP) is 2.36. The van der Waals surface area contributed by atoms with Crippen LogP contribution < -0.4 is 5.32 Å². The zero-order valence-corrected chi connectivity index (χ0v) is 11.2. The van der Waals surface area contributed by atoms with Crippen LogP contribution in [0.1, 0.15) is 44.2 Å². The largest absolute Gasteiger partial charge is 0.309 e. The molecule has 1 saturated heterocycles. The molecule has 2 fully saturated rings. The molecule has 0 aromatic carbocycles. The molecule has 3 nitrogen and oxygen atoms in total. The molecule has 1 aromatic rings. The number of nitrogens with one attached hydrogen (secondary N) is 1. The van der Waals surface area contributed by atoms with Crippen molar-refractivity contribution in [1.82, 2.24) is 15.2 Å². The lowest BCUT2D eigenvalue weighted by molar-refractivity contribution is 0.101. The van der Waals surface area contributed by atoms with Crippen LogP contribution in [0.4, 0.5) is 0 Å². The van der Waals surface area contributed by atoms with E-state index in [1.807, 2.05) is 12.4 Å². The Bertz CT molecular complexity index is 384. The molecule has 1 aliphatic heterocycles. The smallest absolute Gasteiger partial charge is 0.0322 e. The van der Waals surface area contributed by atoms with Gasteiger partial charge in [0, 0.05) is 43.6 Å². The van der Waals surface area contributed by atoms with Crippen molar-refractivity contribution in [3.63, 3.8) is 0 Å². The molecule has 1 unspecified atom stereocenters. The minimum absolute atomic E-state index is 0.416. The first-order valence-corrected chi connectivity index (χ1v) is 7.18. The minimum Gasteiger partial charge on any atom is -0.309 e. The Morgan fingerprint density at radius 1 is 1.28 bits per heavy atom. The van der Waals surface area contributed by atoms with Crippen LogP contribution in [0.3, 0.4) is 0 Å². The summed E-state index contributed by atoms with van der Waals surface area (Å²) in [5, 5.41) is 3.78. The lowest BCUT2D eigenvalue weighted by atomic mass is 9.93. The van der Waals surface area contributed by atoms with Crippen molar-refractivity contribution in [2.45, 2.75) is 44.2 Å². The zero-order valence-electron chi connectivity index (χ0n) is 11.2. The second-order valence-electron chi connectivity index (χ2n) is 5.84. The third-order valence-corrected chi connectivity index (χ3v) is 4.70. The van der Waals surface area contributed by atoms with Crippen LogP contribution in [0.25, 0.3) is 0 Å². The first kappa shape index (κ1) is 12.1. The summed E-state index contributed by atoms with van der Waals surface area (Å²) in [7, 11) is 0. The molecular formula is C15H23N3. The molecule has 0 amide bonds. The van der Waals surface area contributed by atoms with E-state index >= 15 is 0 Å². The van der Waals surface area contributed by atoms with Crippen molar-refractivity contribution in [3.05, 3.63) is 30.1 Å². The van der Waals surface area contributed by atoms with E-state index in [0.717, 1.165) is 13.1 Å². The Balaban J connectivity index is 1.72. The lowest BCUT2D eigenvalue weighted by Crippen LogP contribution is -2.59. The topological polar surface area (TPSA) is 28.2 Å². The fraction of sp³-hybridized carbons (Fsp3) is 0.667. The predicted molar refractivity (Wildman–Crippen MR) is 73.4 cm³/mol. The highest BCUT2D eigenvalue weighted by Crippen LogP contribution is 2.34. The van der Waals surface area contributed by atoms with Crippen molar-refractivity contribution in [2.24, 2.45) is 0 Å². The van der Waals surface area contributed by atoms with Gasteiger partial charge in [-0.25, -0.2) is 0 Å². The van der Waals surface area contributed by atoms with E-state index in [2.05, 4.69) is 34.3 Å². The fourth-order valence-electron chi connectivity index (χ4n) is 3.56. The van der Waals surface area contributed by atoms with Gasteiger partial charge in [-0.15, -0.1) is 0 Å². The van der Waals surface area contributed by atoms with E-state index in [1.54, 1.807) is 0 Å². The van der Waals surface area contributed by atoms with Gasteiger partial charge in [0.25, 0.3) is 0 Å². The maximum Gasteiger partial charge on any atom is 0.0322 e. The van der Waals surface area contributed by atoms with Crippen LogP contribution in [-0.2, 0) is 0 Å². The Labute approximate surface area is 110 Å². The highest BCUT2D eigenvalue weighted by molar-refractivity contribution is 5.15. The van der Waals surface area contributed by atoms with Crippen LogP contribution in [0.2, 0.25) is 0 Å². The first-order valence-electron chi connectivity index (χ1n) is 7.18. The van der Waals surface area contributed by atoms with E-state index in [-0.39, 0.29) is 0 Å². The minimum atomic E-state index is 0.416. The van der Waals surface area contributed by atoms with Gasteiger partial charge in [-0.05, 0) is 37.5 Å². The number of pyridine rings is 1. The molecule has 2 heterocycles. The van der Waals surface area contributed by atoms with E-state index in [4.69, 9.17) is 0 Å². The van der Waals surface area contributed by atoms with E-state index in [0.29, 0.717) is 11.6 Å². The quantitative estimate of drug-likeness (QED) is 0.867. The molecule has 1 aromatic heterocycles. The molecule has 18 heavy (non-hydrogen) atoms. The maximum absolute atomic E-state index is 4.11. The van der Waals surface area contributed by atoms with Crippen LogP contribution >= 0.6 is 0 Å². The summed E-state index contributed by atoms with van der Waals surface area (Å²) in [4.78, 5) is 6.75. The number of hydrogen-bond acceptors (Lipinski definition) is 3. The third-order valence-electron chi connectivity index (χ3n) is 4.70. The molecule has 1 spiro atoms. The monoisotopic (exact) mass is 245 g/mol. The summed E-state index contributed by atoms with van der Waals surface area (Å²) in [5.74, 6) is 0. The van der Waals surface area contributed by atoms with E-state index in [1.165, 1.54) is 37.8 Å². The molecule has 1 atom stereocenters. The average Bonchev–Trinajstić information content (AvgIpc) is 2.87. The van der Waals surface area contributed by atoms with Crippen LogP contribution in [-0.4, -0.2) is 35.1 Å². The normalized spacial score (nSPS) is 25.4. The fourth-order valence-corrected chi connectivity index (χ4v) is 3.56. The number of piperazine rings is 1. The van der Waals surface area contributed by atoms with Gasteiger partial charge >= 0.3 is 0 Å². The van der Waals surface area contributed by atoms with Gasteiger partial charge in [0.2, 0.25) is 0 Å². The van der Waals surface area contributed by atoms with Gasteiger partial charge in [-0.2, -0.15) is 0 Å². The molecule has 98 valence electrons. The molecule has 1 saturated carbocycles. The molecule has 0 radical (unpaired) electrons. The Morgan fingerprint density at radius 2 is 2.00 bits per heavy atom.